The molecule has 3 aromatic rings. The van der Waals surface area contributed by atoms with Gasteiger partial charge in [0.2, 0.25) is 5.91 Å². The highest BCUT2D eigenvalue weighted by Crippen LogP contribution is 2.34. The fourth-order valence-electron chi connectivity index (χ4n) is 3.21. The van der Waals surface area contributed by atoms with Gasteiger partial charge in [-0.3, -0.25) is 9.59 Å². The van der Waals surface area contributed by atoms with Gasteiger partial charge in [-0.15, -0.1) is 11.3 Å². The molecule has 8 nitrogen and oxygen atoms in total. The number of thiophene rings is 1. The van der Waals surface area contributed by atoms with Crippen LogP contribution in [0.2, 0.25) is 0 Å². The summed E-state index contributed by atoms with van der Waals surface area (Å²) in [4.78, 5) is 50.0. The van der Waals surface area contributed by atoms with Gasteiger partial charge < -0.3 is 20.1 Å². The minimum absolute atomic E-state index is 0.118. The molecule has 0 aliphatic heterocycles. The highest BCUT2D eigenvalue weighted by Gasteiger charge is 2.26. The number of rotatable bonds is 8. The minimum Gasteiger partial charge on any atom is -0.465 e. The Labute approximate surface area is 200 Å². The van der Waals surface area contributed by atoms with Crippen LogP contribution in [0, 0.1) is 6.92 Å². The zero-order valence-corrected chi connectivity index (χ0v) is 19.8. The molecule has 0 bridgehead atoms. The van der Waals surface area contributed by atoms with Crippen molar-refractivity contribution in [2.24, 2.45) is 0 Å². The van der Waals surface area contributed by atoms with Crippen LogP contribution in [0.15, 0.2) is 54.6 Å². The molecule has 2 N–H and O–H groups in total. The molecule has 0 saturated heterocycles. The predicted octanol–water partition coefficient (Wildman–Crippen LogP) is 4.45. The van der Waals surface area contributed by atoms with Crippen molar-refractivity contribution in [1.29, 1.82) is 0 Å². The molecule has 0 fully saturated rings. The first-order valence-corrected chi connectivity index (χ1v) is 11.3. The Hall–Kier alpha value is -3.98. The maximum absolute atomic E-state index is 13.0. The Kier molecular flexibility index (Phi) is 8.15. The van der Waals surface area contributed by atoms with E-state index >= 15 is 0 Å². The van der Waals surface area contributed by atoms with Gasteiger partial charge >= 0.3 is 11.9 Å². The first-order valence-electron chi connectivity index (χ1n) is 10.5. The maximum Gasteiger partial charge on any atom is 0.341 e. The standard InChI is InChI=1S/C25H24N2O6S/c1-4-33-24(30)17-10-12-18(13-11-17)26-22(29)21-15(2)20(25(31)32-3)23(34-21)27-19(28)14-16-8-6-5-7-9-16/h5-13H,4,14H2,1-3H3,(H,26,29)(H,27,28). The van der Waals surface area contributed by atoms with E-state index in [1.165, 1.54) is 7.11 Å². The normalized spacial score (nSPS) is 10.3. The molecule has 0 radical (unpaired) electrons. The van der Waals surface area contributed by atoms with E-state index in [1.807, 2.05) is 30.3 Å². The zero-order chi connectivity index (χ0) is 24.7. The summed E-state index contributed by atoms with van der Waals surface area (Å²) in [6, 6.07) is 15.4. The lowest BCUT2D eigenvalue weighted by Gasteiger charge is -2.06. The van der Waals surface area contributed by atoms with Crippen molar-refractivity contribution in [3.8, 4) is 0 Å². The predicted molar refractivity (Wildman–Crippen MR) is 130 cm³/mol. The lowest BCUT2D eigenvalue weighted by Crippen LogP contribution is -2.16. The largest absolute Gasteiger partial charge is 0.465 e. The third kappa shape index (κ3) is 5.87. The molecule has 34 heavy (non-hydrogen) atoms. The summed E-state index contributed by atoms with van der Waals surface area (Å²) in [7, 11) is 1.24. The topological polar surface area (TPSA) is 111 Å². The number of anilines is 2. The molecule has 1 aromatic heterocycles. The molecule has 0 saturated carbocycles. The third-order valence-electron chi connectivity index (χ3n) is 4.86. The average molecular weight is 481 g/mol. The van der Waals surface area contributed by atoms with Gasteiger partial charge in [0.05, 0.1) is 36.1 Å². The maximum atomic E-state index is 13.0. The van der Waals surface area contributed by atoms with E-state index in [0.717, 1.165) is 16.9 Å². The van der Waals surface area contributed by atoms with E-state index in [0.29, 0.717) is 16.8 Å². The summed E-state index contributed by atoms with van der Waals surface area (Å²) in [6.07, 6.45) is 0.118. The molecule has 2 aromatic carbocycles. The van der Waals surface area contributed by atoms with Gasteiger partial charge in [0.1, 0.15) is 5.00 Å². The van der Waals surface area contributed by atoms with Crippen molar-refractivity contribution in [2.75, 3.05) is 24.4 Å². The molecule has 1 heterocycles. The third-order valence-corrected chi connectivity index (χ3v) is 6.06. The second kappa shape index (κ2) is 11.2. The van der Waals surface area contributed by atoms with Crippen LogP contribution in [0.25, 0.3) is 0 Å². The average Bonchev–Trinajstić information content (AvgIpc) is 3.15. The second-order valence-corrected chi connectivity index (χ2v) is 8.24. The Morgan fingerprint density at radius 2 is 1.59 bits per heavy atom. The minimum atomic E-state index is -0.651. The number of carbonyl (C=O) groups is 4. The number of nitrogens with one attached hydrogen (secondary N) is 2. The van der Waals surface area contributed by atoms with Crippen molar-refractivity contribution < 1.29 is 28.7 Å². The van der Waals surface area contributed by atoms with E-state index in [-0.39, 0.29) is 34.4 Å². The summed E-state index contributed by atoms with van der Waals surface area (Å²) >= 11 is 0.992. The van der Waals surface area contributed by atoms with Crippen molar-refractivity contribution in [3.05, 3.63) is 81.7 Å². The SMILES string of the molecule is CCOC(=O)c1ccc(NC(=O)c2sc(NC(=O)Cc3ccccc3)c(C(=O)OC)c2C)cc1. The van der Waals surface area contributed by atoms with Crippen LogP contribution >= 0.6 is 11.3 Å². The Bertz CT molecular complexity index is 1200. The summed E-state index contributed by atoms with van der Waals surface area (Å²) in [6.45, 7) is 3.60. The second-order valence-electron chi connectivity index (χ2n) is 7.21. The van der Waals surface area contributed by atoms with Crippen molar-refractivity contribution in [1.82, 2.24) is 0 Å². The first kappa shape index (κ1) is 24.7. The number of benzene rings is 2. The van der Waals surface area contributed by atoms with Gasteiger partial charge in [-0.05, 0) is 49.2 Å². The molecule has 2 amide bonds. The summed E-state index contributed by atoms with van der Waals surface area (Å²) < 4.78 is 9.81. The highest BCUT2D eigenvalue weighted by atomic mass is 32.1. The lowest BCUT2D eigenvalue weighted by atomic mass is 10.1. The quantitative estimate of drug-likeness (QED) is 0.461. The van der Waals surface area contributed by atoms with E-state index in [2.05, 4.69) is 10.6 Å². The van der Waals surface area contributed by atoms with Gasteiger partial charge in [0, 0.05) is 5.69 Å². The molecule has 0 unspecified atom stereocenters. The Balaban J connectivity index is 1.80. The summed E-state index contributed by atoms with van der Waals surface area (Å²) in [5, 5.41) is 5.72. The smallest absolute Gasteiger partial charge is 0.341 e. The number of ether oxygens (including phenoxy) is 2. The van der Waals surface area contributed by atoms with Crippen molar-refractivity contribution >= 4 is 45.8 Å². The monoisotopic (exact) mass is 480 g/mol. The van der Waals surface area contributed by atoms with Gasteiger partial charge in [-0.25, -0.2) is 9.59 Å². The molecular formula is C25H24N2O6S. The van der Waals surface area contributed by atoms with Crippen LogP contribution in [0.5, 0.6) is 0 Å². The Morgan fingerprint density at radius 1 is 0.912 bits per heavy atom. The fourth-order valence-corrected chi connectivity index (χ4v) is 4.32. The van der Waals surface area contributed by atoms with Crippen molar-refractivity contribution in [2.45, 2.75) is 20.3 Å². The zero-order valence-electron chi connectivity index (χ0n) is 19.0. The van der Waals surface area contributed by atoms with E-state index in [4.69, 9.17) is 9.47 Å². The molecule has 176 valence electrons. The lowest BCUT2D eigenvalue weighted by molar-refractivity contribution is -0.115. The van der Waals surface area contributed by atoms with Gasteiger partial charge in [0.25, 0.3) is 5.91 Å². The number of esters is 2. The van der Waals surface area contributed by atoms with Gasteiger partial charge in [-0.2, -0.15) is 0 Å². The highest BCUT2D eigenvalue weighted by molar-refractivity contribution is 7.18. The number of amides is 2. The molecule has 9 heteroatoms. The molecule has 0 atom stereocenters. The number of hydrogen-bond acceptors (Lipinski definition) is 7. The Morgan fingerprint density at radius 3 is 2.21 bits per heavy atom. The van der Waals surface area contributed by atoms with E-state index < -0.39 is 17.8 Å². The van der Waals surface area contributed by atoms with Crippen LogP contribution in [-0.2, 0) is 20.7 Å². The number of hydrogen-bond donors (Lipinski definition) is 2. The molecule has 3 rings (SSSR count). The molecule has 0 aliphatic rings. The van der Waals surface area contributed by atoms with Crippen LogP contribution in [0.1, 0.15) is 48.4 Å². The van der Waals surface area contributed by atoms with Crippen molar-refractivity contribution in [3.63, 3.8) is 0 Å². The van der Waals surface area contributed by atoms with Gasteiger partial charge in [0.15, 0.2) is 0 Å². The fraction of sp³-hybridized carbons (Fsp3) is 0.200. The summed E-state index contributed by atoms with van der Waals surface area (Å²) in [5.41, 5.74) is 2.17. The number of methoxy groups -OCH3 is 1. The molecular weight excluding hydrogens is 456 g/mol. The van der Waals surface area contributed by atoms with Crippen LogP contribution in [0.4, 0.5) is 10.7 Å². The summed E-state index contributed by atoms with van der Waals surface area (Å²) in [5.74, 6) is -1.88. The van der Waals surface area contributed by atoms with E-state index in [1.54, 1.807) is 38.1 Å². The van der Waals surface area contributed by atoms with Crippen LogP contribution < -0.4 is 10.6 Å². The molecule has 0 aliphatic carbocycles. The van der Waals surface area contributed by atoms with Gasteiger partial charge in [-0.1, -0.05) is 30.3 Å². The number of carbonyl (C=O) groups excluding carboxylic acids is 4. The van der Waals surface area contributed by atoms with Crippen LogP contribution in [0.3, 0.4) is 0 Å². The first-order chi connectivity index (χ1) is 16.3. The molecule has 0 spiro atoms. The van der Waals surface area contributed by atoms with Crippen LogP contribution in [-0.4, -0.2) is 37.5 Å². The van der Waals surface area contributed by atoms with E-state index in [9.17, 15) is 19.2 Å².